The Morgan fingerprint density at radius 1 is 1.32 bits per heavy atom. The van der Waals surface area contributed by atoms with Gasteiger partial charge >= 0.3 is 0 Å². The molecule has 0 saturated carbocycles. The number of benzene rings is 1. The molecule has 19 heavy (non-hydrogen) atoms. The molecule has 0 spiro atoms. The highest BCUT2D eigenvalue weighted by atomic mass is 79.9. The van der Waals surface area contributed by atoms with E-state index in [1.54, 1.807) is 11.9 Å². The summed E-state index contributed by atoms with van der Waals surface area (Å²) in [4.78, 5) is 13.9. The number of hydrogen-bond donors (Lipinski definition) is 1. The highest BCUT2D eigenvalue weighted by molar-refractivity contribution is 9.10. The van der Waals surface area contributed by atoms with E-state index in [4.69, 9.17) is 0 Å². The van der Waals surface area contributed by atoms with Crippen LogP contribution >= 0.6 is 15.9 Å². The molecule has 1 saturated heterocycles. The van der Waals surface area contributed by atoms with E-state index in [1.807, 2.05) is 0 Å². The molecule has 1 aliphatic heterocycles. The van der Waals surface area contributed by atoms with Crippen molar-refractivity contribution in [3.05, 3.63) is 33.8 Å². The van der Waals surface area contributed by atoms with Crippen LogP contribution in [0.5, 0.6) is 0 Å². The van der Waals surface area contributed by atoms with Crippen LogP contribution in [0.2, 0.25) is 0 Å². The van der Waals surface area contributed by atoms with Crippen LogP contribution in [0, 0.1) is 11.6 Å². The van der Waals surface area contributed by atoms with Gasteiger partial charge in [0.15, 0.2) is 11.6 Å². The minimum atomic E-state index is -1.01. The first-order chi connectivity index (χ1) is 9.00. The number of halogens is 3. The van der Waals surface area contributed by atoms with Crippen molar-refractivity contribution in [2.75, 3.05) is 20.1 Å². The lowest BCUT2D eigenvalue weighted by Gasteiger charge is -2.32. The SMILES string of the molecule is CN(C(=O)c1cc(F)c(F)cc1Br)C1CCNCC1. The highest BCUT2D eigenvalue weighted by Crippen LogP contribution is 2.23. The molecule has 0 aromatic heterocycles. The Morgan fingerprint density at radius 3 is 2.53 bits per heavy atom. The monoisotopic (exact) mass is 332 g/mol. The van der Waals surface area contributed by atoms with E-state index in [2.05, 4.69) is 21.2 Å². The zero-order valence-electron chi connectivity index (χ0n) is 10.5. The molecule has 0 unspecified atom stereocenters. The molecule has 3 nitrogen and oxygen atoms in total. The van der Waals surface area contributed by atoms with Crippen molar-refractivity contribution in [3.8, 4) is 0 Å². The molecule has 104 valence electrons. The van der Waals surface area contributed by atoms with Crippen molar-refractivity contribution < 1.29 is 13.6 Å². The minimum absolute atomic E-state index is 0.133. The molecule has 0 radical (unpaired) electrons. The zero-order chi connectivity index (χ0) is 14.0. The van der Waals surface area contributed by atoms with Gasteiger partial charge < -0.3 is 10.2 Å². The summed E-state index contributed by atoms with van der Waals surface area (Å²) in [6.45, 7) is 1.72. The summed E-state index contributed by atoms with van der Waals surface area (Å²) in [5, 5.41) is 3.22. The molecule has 1 N–H and O–H groups in total. The summed E-state index contributed by atoms with van der Waals surface area (Å²) >= 11 is 3.11. The normalized spacial score (nSPS) is 16.4. The van der Waals surface area contributed by atoms with Crippen LogP contribution in [0.4, 0.5) is 8.78 Å². The zero-order valence-corrected chi connectivity index (χ0v) is 12.1. The van der Waals surface area contributed by atoms with Gasteiger partial charge in [0.25, 0.3) is 5.91 Å². The van der Waals surface area contributed by atoms with Crippen LogP contribution in [0.15, 0.2) is 16.6 Å². The summed E-state index contributed by atoms with van der Waals surface area (Å²) in [6, 6.07) is 2.06. The molecular formula is C13H15BrF2N2O. The minimum Gasteiger partial charge on any atom is -0.339 e. The molecule has 1 aromatic rings. The Labute approximate surface area is 119 Å². The van der Waals surface area contributed by atoms with Crippen molar-refractivity contribution in [3.63, 3.8) is 0 Å². The predicted molar refractivity (Wildman–Crippen MR) is 72.0 cm³/mol. The molecular weight excluding hydrogens is 318 g/mol. The number of rotatable bonds is 2. The Kier molecular flexibility index (Phi) is 4.52. The maximum atomic E-state index is 13.2. The van der Waals surface area contributed by atoms with E-state index in [1.165, 1.54) is 0 Å². The van der Waals surface area contributed by atoms with Crippen molar-refractivity contribution in [1.82, 2.24) is 10.2 Å². The van der Waals surface area contributed by atoms with Gasteiger partial charge in [-0.05, 0) is 54.0 Å². The maximum absolute atomic E-state index is 13.2. The third kappa shape index (κ3) is 3.12. The first kappa shape index (κ1) is 14.4. The van der Waals surface area contributed by atoms with Gasteiger partial charge in [-0.1, -0.05) is 0 Å². The van der Waals surface area contributed by atoms with Gasteiger partial charge in [-0.3, -0.25) is 4.79 Å². The third-order valence-electron chi connectivity index (χ3n) is 3.42. The van der Waals surface area contributed by atoms with E-state index < -0.39 is 11.6 Å². The molecule has 1 amide bonds. The van der Waals surface area contributed by atoms with E-state index in [9.17, 15) is 13.6 Å². The Bertz CT molecular complexity index is 490. The summed E-state index contributed by atoms with van der Waals surface area (Å²) in [6.07, 6.45) is 1.73. The quantitative estimate of drug-likeness (QED) is 0.844. The number of carbonyl (C=O) groups is 1. The van der Waals surface area contributed by atoms with Crippen LogP contribution < -0.4 is 5.32 Å². The van der Waals surface area contributed by atoms with Crippen molar-refractivity contribution in [1.29, 1.82) is 0 Å². The van der Waals surface area contributed by atoms with Gasteiger partial charge in [-0.2, -0.15) is 0 Å². The fraction of sp³-hybridized carbons (Fsp3) is 0.462. The molecule has 1 heterocycles. The fourth-order valence-electron chi connectivity index (χ4n) is 2.24. The van der Waals surface area contributed by atoms with Crippen LogP contribution in [-0.4, -0.2) is 37.0 Å². The van der Waals surface area contributed by atoms with Crippen LogP contribution in [0.25, 0.3) is 0 Å². The van der Waals surface area contributed by atoms with Gasteiger partial charge in [-0.25, -0.2) is 8.78 Å². The van der Waals surface area contributed by atoms with Gasteiger partial charge in [0.1, 0.15) is 0 Å². The second-order valence-corrected chi connectivity index (χ2v) is 5.50. The van der Waals surface area contributed by atoms with Crippen LogP contribution in [0.3, 0.4) is 0 Å². The smallest absolute Gasteiger partial charge is 0.255 e. The Morgan fingerprint density at radius 2 is 1.89 bits per heavy atom. The maximum Gasteiger partial charge on any atom is 0.255 e. The molecule has 1 aromatic carbocycles. The molecule has 1 aliphatic rings. The van der Waals surface area contributed by atoms with Crippen molar-refractivity contribution >= 4 is 21.8 Å². The fourth-order valence-corrected chi connectivity index (χ4v) is 2.72. The van der Waals surface area contributed by atoms with Crippen molar-refractivity contribution in [2.45, 2.75) is 18.9 Å². The van der Waals surface area contributed by atoms with Gasteiger partial charge in [0, 0.05) is 17.6 Å². The second-order valence-electron chi connectivity index (χ2n) is 4.64. The summed E-state index contributed by atoms with van der Waals surface area (Å²) in [5.74, 6) is -2.27. The lowest BCUT2D eigenvalue weighted by Crippen LogP contribution is -2.44. The number of hydrogen-bond acceptors (Lipinski definition) is 2. The lowest BCUT2D eigenvalue weighted by molar-refractivity contribution is 0.0701. The van der Waals surface area contributed by atoms with E-state index in [-0.39, 0.29) is 22.0 Å². The molecule has 6 heteroatoms. The number of amides is 1. The third-order valence-corrected chi connectivity index (χ3v) is 4.07. The molecule has 0 atom stereocenters. The molecule has 0 aliphatic carbocycles. The number of nitrogens with one attached hydrogen (secondary N) is 1. The van der Waals surface area contributed by atoms with Gasteiger partial charge in [0.05, 0.1) is 5.56 Å². The number of piperidine rings is 1. The Balaban J connectivity index is 2.21. The number of carbonyl (C=O) groups excluding carboxylic acids is 1. The summed E-state index contributed by atoms with van der Waals surface area (Å²) in [7, 11) is 1.70. The van der Waals surface area contributed by atoms with Crippen LogP contribution in [0.1, 0.15) is 23.2 Å². The van der Waals surface area contributed by atoms with E-state index in [0.29, 0.717) is 0 Å². The Hall–Kier alpha value is -1.01. The average molecular weight is 333 g/mol. The van der Waals surface area contributed by atoms with E-state index >= 15 is 0 Å². The van der Waals surface area contributed by atoms with Crippen LogP contribution in [-0.2, 0) is 0 Å². The predicted octanol–water partition coefficient (Wildman–Crippen LogP) is 2.55. The molecule has 2 rings (SSSR count). The standard InChI is InChI=1S/C13H15BrF2N2O/c1-18(8-2-4-17-5-3-8)13(19)9-6-11(15)12(16)7-10(9)14/h6-8,17H,2-5H2,1H3. The molecule has 1 fully saturated rings. The van der Waals surface area contributed by atoms with Crippen molar-refractivity contribution in [2.24, 2.45) is 0 Å². The lowest BCUT2D eigenvalue weighted by atomic mass is 10.0. The largest absolute Gasteiger partial charge is 0.339 e. The summed E-state index contributed by atoms with van der Waals surface area (Å²) in [5.41, 5.74) is 0.153. The topological polar surface area (TPSA) is 32.3 Å². The first-order valence-electron chi connectivity index (χ1n) is 6.13. The molecule has 0 bridgehead atoms. The highest BCUT2D eigenvalue weighted by Gasteiger charge is 2.25. The van der Waals surface area contributed by atoms with E-state index in [0.717, 1.165) is 38.1 Å². The summed E-state index contributed by atoms with van der Waals surface area (Å²) < 4.78 is 26.6. The van der Waals surface area contributed by atoms with Gasteiger partial charge in [-0.15, -0.1) is 0 Å². The average Bonchev–Trinajstić information content (AvgIpc) is 2.42. The second kappa shape index (κ2) is 5.96. The first-order valence-corrected chi connectivity index (χ1v) is 6.92. The number of nitrogens with zero attached hydrogens (tertiary/aromatic N) is 1. The van der Waals surface area contributed by atoms with Gasteiger partial charge in [0.2, 0.25) is 0 Å².